The largest absolute Gasteiger partial charge is 0.362 e. The highest BCUT2D eigenvalue weighted by molar-refractivity contribution is 5.96. The zero-order valence-corrected chi connectivity index (χ0v) is 8.63. The Balaban J connectivity index is 3.00. The van der Waals surface area contributed by atoms with E-state index in [0.29, 0.717) is 0 Å². The number of benzene rings is 1. The molecular weight excluding hydrogens is 172 g/mol. The third-order valence-electron chi connectivity index (χ3n) is 2.79. The number of rotatable bonds is 0. The molecule has 0 unspecified atom stereocenters. The maximum Gasteiger partial charge on any atom is 0.212 e. The summed E-state index contributed by atoms with van der Waals surface area (Å²) >= 11 is 0. The average Bonchev–Trinajstić information content (AvgIpc) is 2.50. The van der Waals surface area contributed by atoms with Crippen LogP contribution < -0.4 is 0 Å². The van der Waals surface area contributed by atoms with Crippen molar-refractivity contribution in [1.82, 2.24) is 4.57 Å². The van der Waals surface area contributed by atoms with Gasteiger partial charge in [0.2, 0.25) is 5.69 Å². The number of nitrogens with zero attached hydrogens (tertiary/aromatic N) is 2. The molecule has 0 amide bonds. The van der Waals surface area contributed by atoms with Crippen molar-refractivity contribution in [3.8, 4) is 0 Å². The highest BCUT2D eigenvalue weighted by Crippen LogP contribution is 2.32. The minimum Gasteiger partial charge on any atom is -0.362 e. The zero-order valence-electron chi connectivity index (χ0n) is 8.63. The van der Waals surface area contributed by atoms with E-state index in [9.17, 15) is 0 Å². The Morgan fingerprint density at radius 2 is 2.00 bits per heavy atom. The lowest BCUT2D eigenvalue weighted by Crippen LogP contribution is -1.86. The predicted molar refractivity (Wildman–Crippen MR) is 58.7 cm³/mol. The van der Waals surface area contributed by atoms with E-state index >= 15 is 0 Å². The molecule has 0 fully saturated rings. The van der Waals surface area contributed by atoms with Crippen LogP contribution in [0.25, 0.3) is 15.7 Å². The standard InChI is InChI=1S/C12H12N2/c1-8-5-6-11-12(9(8)2)10(13-3)7-14(11)4/h5-7H,1-2,4H3. The maximum absolute atomic E-state index is 7.12. The molecule has 0 N–H and O–H groups in total. The van der Waals surface area contributed by atoms with Crippen molar-refractivity contribution in [2.75, 3.05) is 0 Å². The molecule has 0 aliphatic rings. The Morgan fingerprint density at radius 3 is 2.64 bits per heavy atom. The van der Waals surface area contributed by atoms with Gasteiger partial charge in [0.1, 0.15) is 0 Å². The first kappa shape index (κ1) is 8.83. The van der Waals surface area contributed by atoms with Crippen LogP contribution in [0.5, 0.6) is 0 Å². The van der Waals surface area contributed by atoms with Crippen LogP contribution in [0.2, 0.25) is 0 Å². The van der Waals surface area contributed by atoms with Gasteiger partial charge in [-0.1, -0.05) is 6.07 Å². The normalized spacial score (nSPS) is 10.4. The average molecular weight is 184 g/mol. The van der Waals surface area contributed by atoms with Crippen molar-refractivity contribution in [2.45, 2.75) is 13.8 Å². The predicted octanol–water partition coefficient (Wildman–Crippen LogP) is 3.35. The van der Waals surface area contributed by atoms with Gasteiger partial charge in [-0.3, -0.25) is 0 Å². The van der Waals surface area contributed by atoms with Crippen molar-refractivity contribution in [1.29, 1.82) is 0 Å². The Labute approximate surface area is 83.6 Å². The summed E-state index contributed by atoms with van der Waals surface area (Å²) in [5, 5.41) is 1.10. The fourth-order valence-corrected chi connectivity index (χ4v) is 1.82. The molecule has 2 nitrogen and oxygen atoms in total. The molecule has 1 heterocycles. The summed E-state index contributed by atoms with van der Waals surface area (Å²) in [7, 11) is 1.98. The van der Waals surface area contributed by atoms with Gasteiger partial charge in [0, 0.05) is 24.1 Å². The molecule has 1 aromatic carbocycles. The third kappa shape index (κ3) is 1.03. The Hall–Kier alpha value is -1.75. The maximum atomic E-state index is 7.12. The SMILES string of the molecule is [C-]#[N+]c1cn(C)c2ccc(C)c(C)c12. The number of aryl methyl sites for hydroxylation is 3. The van der Waals surface area contributed by atoms with E-state index in [4.69, 9.17) is 6.57 Å². The van der Waals surface area contributed by atoms with E-state index in [1.54, 1.807) is 0 Å². The van der Waals surface area contributed by atoms with Crippen LogP contribution in [0.15, 0.2) is 18.3 Å². The van der Waals surface area contributed by atoms with Gasteiger partial charge in [-0.15, -0.1) is 0 Å². The summed E-state index contributed by atoms with van der Waals surface area (Å²) in [6, 6.07) is 4.18. The minimum atomic E-state index is 0.753. The molecule has 70 valence electrons. The number of hydrogen-bond donors (Lipinski definition) is 0. The molecular formula is C12H12N2. The molecule has 0 aliphatic carbocycles. The Kier molecular flexibility index (Phi) is 1.82. The highest BCUT2D eigenvalue weighted by atomic mass is 14.9. The summed E-state index contributed by atoms with van der Waals surface area (Å²) in [5.41, 5.74) is 4.35. The lowest BCUT2D eigenvalue weighted by Gasteiger charge is -2.03. The second kappa shape index (κ2) is 2.88. The summed E-state index contributed by atoms with van der Waals surface area (Å²) in [6.45, 7) is 11.3. The molecule has 0 bridgehead atoms. The van der Waals surface area contributed by atoms with E-state index in [2.05, 4.69) is 30.8 Å². The van der Waals surface area contributed by atoms with Crippen LogP contribution in [0.4, 0.5) is 5.69 Å². The van der Waals surface area contributed by atoms with Gasteiger partial charge < -0.3 is 4.57 Å². The van der Waals surface area contributed by atoms with Crippen molar-refractivity contribution >= 4 is 16.6 Å². The van der Waals surface area contributed by atoms with Crippen molar-refractivity contribution in [2.24, 2.45) is 7.05 Å². The summed E-state index contributed by atoms with van der Waals surface area (Å²) in [4.78, 5) is 3.55. The van der Waals surface area contributed by atoms with Crippen LogP contribution in [-0.4, -0.2) is 4.57 Å². The first-order valence-electron chi connectivity index (χ1n) is 4.58. The van der Waals surface area contributed by atoms with Gasteiger partial charge in [0.05, 0.1) is 6.57 Å². The number of aromatic nitrogens is 1. The highest BCUT2D eigenvalue weighted by Gasteiger charge is 2.09. The van der Waals surface area contributed by atoms with Gasteiger partial charge in [-0.05, 0) is 31.0 Å². The lowest BCUT2D eigenvalue weighted by molar-refractivity contribution is 0.970. The summed E-state index contributed by atoms with van der Waals surface area (Å²) in [5.74, 6) is 0. The van der Waals surface area contributed by atoms with E-state index in [-0.39, 0.29) is 0 Å². The monoisotopic (exact) mass is 184 g/mol. The summed E-state index contributed by atoms with van der Waals surface area (Å²) in [6.07, 6.45) is 1.89. The molecule has 2 aromatic rings. The minimum absolute atomic E-state index is 0.753. The quantitative estimate of drug-likeness (QED) is 0.555. The Bertz CT molecular complexity index is 541. The Morgan fingerprint density at radius 1 is 1.29 bits per heavy atom. The third-order valence-corrected chi connectivity index (χ3v) is 2.79. The molecule has 0 radical (unpaired) electrons. The fraction of sp³-hybridized carbons (Fsp3) is 0.250. The van der Waals surface area contributed by atoms with Gasteiger partial charge >= 0.3 is 0 Å². The molecule has 0 saturated carbocycles. The van der Waals surface area contributed by atoms with Crippen LogP contribution in [0.1, 0.15) is 11.1 Å². The topological polar surface area (TPSA) is 9.29 Å². The van der Waals surface area contributed by atoms with Crippen molar-refractivity contribution in [3.63, 3.8) is 0 Å². The molecule has 1 aromatic heterocycles. The van der Waals surface area contributed by atoms with Crippen LogP contribution >= 0.6 is 0 Å². The first-order chi connectivity index (χ1) is 6.65. The fourth-order valence-electron chi connectivity index (χ4n) is 1.82. The number of hydrogen-bond acceptors (Lipinski definition) is 0. The van der Waals surface area contributed by atoms with Gasteiger partial charge in [0.15, 0.2) is 0 Å². The van der Waals surface area contributed by atoms with Gasteiger partial charge in [-0.25, -0.2) is 4.85 Å². The summed E-state index contributed by atoms with van der Waals surface area (Å²) < 4.78 is 2.01. The molecule has 2 heteroatoms. The van der Waals surface area contributed by atoms with Gasteiger partial charge in [0.25, 0.3) is 0 Å². The van der Waals surface area contributed by atoms with Crippen molar-refractivity contribution in [3.05, 3.63) is 40.9 Å². The first-order valence-corrected chi connectivity index (χ1v) is 4.58. The van der Waals surface area contributed by atoms with E-state index in [0.717, 1.165) is 16.6 Å². The lowest BCUT2D eigenvalue weighted by atomic mass is 10.1. The molecule has 0 aliphatic heterocycles. The molecule has 0 atom stereocenters. The molecule has 2 rings (SSSR count). The van der Waals surface area contributed by atoms with Gasteiger partial charge in [-0.2, -0.15) is 0 Å². The molecule has 0 saturated heterocycles. The zero-order chi connectivity index (χ0) is 10.3. The van der Waals surface area contributed by atoms with E-state index < -0.39 is 0 Å². The second-order valence-corrected chi connectivity index (χ2v) is 3.64. The van der Waals surface area contributed by atoms with Crippen molar-refractivity contribution < 1.29 is 0 Å². The van der Waals surface area contributed by atoms with Crippen LogP contribution in [0, 0.1) is 20.4 Å². The van der Waals surface area contributed by atoms with E-state index in [1.165, 1.54) is 11.1 Å². The molecule has 14 heavy (non-hydrogen) atoms. The van der Waals surface area contributed by atoms with Crippen LogP contribution in [0.3, 0.4) is 0 Å². The van der Waals surface area contributed by atoms with Crippen LogP contribution in [-0.2, 0) is 7.05 Å². The smallest absolute Gasteiger partial charge is 0.212 e. The second-order valence-electron chi connectivity index (χ2n) is 3.64. The van der Waals surface area contributed by atoms with E-state index in [1.807, 2.05) is 17.8 Å². The number of fused-ring (bicyclic) bond motifs is 1. The molecule has 0 spiro atoms.